The fourth-order valence-corrected chi connectivity index (χ4v) is 2.83. The van der Waals surface area contributed by atoms with E-state index in [-0.39, 0.29) is 17.7 Å². The zero-order valence-corrected chi connectivity index (χ0v) is 10.1. The van der Waals surface area contributed by atoms with Gasteiger partial charge in [0, 0.05) is 32.0 Å². The quantitative estimate of drug-likeness (QED) is 0.770. The summed E-state index contributed by atoms with van der Waals surface area (Å²) < 4.78 is 5.21. The van der Waals surface area contributed by atoms with Gasteiger partial charge < -0.3 is 14.7 Å². The van der Waals surface area contributed by atoms with Crippen molar-refractivity contribution in [3.63, 3.8) is 0 Å². The Balaban J connectivity index is 1.95. The number of hydrogen-bond donors (Lipinski definition) is 1. The predicted molar refractivity (Wildman–Crippen MR) is 60.5 cm³/mol. The Bertz CT molecular complexity index is 324. The van der Waals surface area contributed by atoms with Crippen LogP contribution in [0.4, 0.5) is 0 Å². The lowest BCUT2D eigenvalue weighted by Crippen LogP contribution is -2.46. The largest absolute Gasteiger partial charge is 0.481 e. The molecule has 96 valence electrons. The van der Waals surface area contributed by atoms with E-state index in [0.717, 1.165) is 12.8 Å². The normalized spacial score (nSPS) is 27.0. The van der Waals surface area contributed by atoms with Gasteiger partial charge in [-0.3, -0.25) is 9.59 Å². The van der Waals surface area contributed by atoms with Crippen LogP contribution in [-0.4, -0.2) is 48.7 Å². The Labute approximate surface area is 101 Å². The molecule has 2 aliphatic rings. The summed E-state index contributed by atoms with van der Waals surface area (Å²) in [5.41, 5.74) is 0.0812. The zero-order valence-electron chi connectivity index (χ0n) is 10.1. The van der Waals surface area contributed by atoms with E-state index in [1.54, 1.807) is 12.0 Å². The van der Waals surface area contributed by atoms with Crippen LogP contribution in [-0.2, 0) is 14.3 Å². The van der Waals surface area contributed by atoms with Gasteiger partial charge in [-0.15, -0.1) is 0 Å². The first-order valence-electron chi connectivity index (χ1n) is 6.06. The minimum absolute atomic E-state index is 0.0280. The molecule has 1 atom stereocenters. The van der Waals surface area contributed by atoms with Crippen molar-refractivity contribution in [2.24, 2.45) is 11.3 Å². The standard InChI is InChI=1S/C12H19NO4/c1-17-8-12(3-2-4-12)7-13-6-9(11(15)16)5-10(13)14/h9H,2-8H2,1H3,(H,15,16). The average molecular weight is 241 g/mol. The van der Waals surface area contributed by atoms with Gasteiger partial charge in [0.05, 0.1) is 12.5 Å². The third kappa shape index (κ3) is 2.44. The van der Waals surface area contributed by atoms with Gasteiger partial charge in [0.2, 0.25) is 5.91 Å². The predicted octanol–water partition coefficient (Wildman–Crippen LogP) is 0.736. The van der Waals surface area contributed by atoms with E-state index < -0.39 is 11.9 Å². The fourth-order valence-electron chi connectivity index (χ4n) is 2.83. The number of carboxylic acid groups (broad SMARTS) is 1. The number of hydrogen-bond acceptors (Lipinski definition) is 3. The number of ether oxygens (including phenoxy) is 1. The van der Waals surface area contributed by atoms with Crippen molar-refractivity contribution < 1.29 is 19.4 Å². The minimum Gasteiger partial charge on any atom is -0.481 e. The molecule has 1 N–H and O–H groups in total. The van der Waals surface area contributed by atoms with Gasteiger partial charge in [-0.05, 0) is 12.8 Å². The van der Waals surface area contributed by atoms with Crippen molar-refractivity contribution >= 4 is 11.9 Å². The lowest BCUT2D eigenvalue weighted by Gasteiger charge is -2.43. The second-order valence-corrected chi connectivity index (χ2v) is 5.30. The maximum atomic E-state index is 11.7. The molecule has 1 unspecified atom stereocenters. The molecule has 0 aromatic heterocycles. The SMILES string of the molecule is COCC1(CN2CC(C(=O)O)CC2=O)CCC1. The average Bonchev–Trinajstić information content (AvgIpc) is 2.57. The Hall–Kier alpha value is -1.10. The molecule has 1 amide bonds. The van der Waals surface area contributed by atoms with Crippen molar-refractivity contribution in [2.45, 2.75) is 25.7 Å². The van der Waals surface area contributed by atoms with Gasteiger partial charge in [-0.25, -0.2) is 0 Å². The summed E-state index contributed by atoms with van der Waals surface area (Å²) >= 11 is 0. The molecule has 2 rings (SSSR count). The monoisotopic (exact) mass is 241 g/mol. The Kier molecular flexibility index (Phi) is 3.38. The number of rotatable bonds is 5. The number of aliphatic carboxylic acids is 1. The molecule has 0 spiro atoms. The Morgan fingerprint density at radius 3 is 2.71 bits per heavy atom. The van der Waals surface area contributed by atoms with Crippen LogP contribution in [0.1, 0.15) is 25.7 Å². The summed E-state index contributed by atoms with van der Waals surface area (Å²) in [6, 6.07) is 0. The van der Waals surface area contributed by atoms with E-state index in [2.05, 4.69) is 0 Å². The van der Waals surface area contributed by atoms with Crippen LogP contribution >= 0.6 is 0 Å². The van der Waals surface area contributed by atoms with E-state index in [4.69, 9.17) is 9.84 Å². The number of nitrogens with zero attached hydrogens (tertiary/aromatic N) is 1. The van der Waals surface area contributed by atoms with Crippen LogP contribution < -0.4 is 0 Å². The summed E-state index contributed by atoms with van der Waals surface area (Å²) in [6.45, 7) is 1.68. The lowest BCUT2D eigenvalue weighted by atomic mass is 9.69. The van der Waals surface area contributed by atoms with Crippen LogP contribution in [0.3, 0.4) is 0 Å². The molecule has 0 bridgehead atoms. The van der Waals surface area contributed by atoms with Crippen LogP contribution in [0, 0.1) is 11.3 Å². The Morgan fingerprint density at radius 1 is 1.59 bits per heavy atom. The number of likely N-dealkylation sites (tertiary alicyclic amines) is 1. The number of amides is 1. The maximum absolute atomic E-state index is 11.7. The molecule has 1 aliphatic carbocycles. The topological polar surface area (TPSA) is 66.8 Å². The molecular weight excluding hydrogens is 222 g/mol. The molecule has 17 heavy (non-hydrogen) atoms. The molecular formula is C12H19NO4. The van der Waals surface area contributed by atoms with Gasteiger partial charge in [0.1, 0.15) is 0 Å². The van der Waals surface area contributed by atoms with Gasteiger partial charge >= 0.3 is 5.97 Å². The molecule has 1 saturated heterocycles. The van der Waals surface area contributed by atoms with Crippen molar-refractivity contribution in [1.82, 2.24) is 4.90 Å². The van der Waals surface area contributed by atoms with Gasteiger partial charge in [0.25, 0.3) is 0 Å². The van der Waals surface area contributed by atoms with E-state index in [9.17, 15) is 9.59 Å². The summed E-state index contributed by atoms with van der Waals surface area (Å²) in [7, 11) is 1.67. The van der Waals surface area contributed by atoms with Crippen molar-refractivity contribution in [3.8, 4) is 0 Å². The van der Waals surface area contributed by atoms with Crippen molar-refractivity contribution in [1.29, 1.82) is 0 Å². The van der Waals surface area contributed by atoms with E-state index in [0.29, 0.717) is 19.7 Å². The smallest absolute Gasteiger partial charge is 0.308 e. The van der Waals surface area contributed by atoms with E-state index >= 15 is 0 Å². The molecule has 1 aliphatic heterocycles. The lowest BCUT2D eigenvalue weighted by molar-refractivity contribution is -0.141. The number of carbonyl (C=O) groups is 2. The molecule has 0 radical (unpaired) electrons. The molecule has 2 fully saturated rings. The maximum Gasteiger partial charge on any atom is 0.308 e. The van der Waals surface area contributed by atoms with Crippen LogP contribution in [0.25, 0.3) is 0 Å². The molecule has 1 saturated carbocycles. The second-order valence-electron chi connectivity index (χ2n) is 5.30. The first-order valence-corrected chi connectivity index (χ1v) is 6.06. The van der Waals surface area contributed by atoms with E-state index in [1.807, 2.05) is 0 Å². The van der Waals surface area contributed by atoms with Gasteiger partial charge in [0.15, 0.2) is 0 Å². The first-order chi connectivity index (χ1) is 8.06. The van der Waals surface area contributed by atoms with Crippen LogP contribution in [0.5, 0.6) is 0 Å². The third-order valence-corrected chi connectivity index (χ3v) is 3.95. The molecule has 0 aromatic carbocycles. The summed E-state index contributed by atoms with van der Waals surface area (Å²) in [4.78, 5) is 24.3. The van der Waals surface area contributed by atoms with E-state index in [1.165, 1.54) is 6.42 Å². The molecule has 0 aromatic rings. The van der Waals surface area contributed by atoms with Crippen LogP contribution in [0.15, 0.2) is 0 Å². The van der Waals surface area contributed by atoms with Gasteiger partial charge in [-0.1, -0.05) is 6.42 Å². The number of carboxylic acids is 1. The highest BCUT2D eigenvalue weighted by molar-refractivity contribution is 5.86. The highest BCUT2D eigenvalue weighted by Crippen LogP contribution is 2.42. The van der Waals surface area contributed by atoms with Crippen LogP contribution in [0.2, 0.25) is 0 Å². The van der Waals surface area contributed by atoms with Gasteiger partial charge in [-0.2, -0.15) is 0 Å². The number of carbonyl (C=O) groups excluding carboxylic acids is 1. The Morgan fingerprint density at radius 2 is 2.29 bits per heavy atom. The summed E-state index contributed by atoms with van der Waals surface area (Å²) in [5, 5.41) is 8.92. The zero-order chi connectivity index (χ0) is 12.5. The highest BCUT2D eigenvalue weighted by Gasteiger charge is 2.43. The third-order valence-electron chi connectivity index (χ3n) is 3.95. The first kappa shape index (κ1) is 12.4. The van der Waals surface area contributed by atoms with Crippen molar-refractivity contribution in [2.75, 3.05) is 26.8 Å². The molecule has 5 heteroatoms. The fraction of sp³-hybridized carbons (Fsp3) is 0.833. The summed E-state index contributed by atoms with van der Waals surface area (Å²) in [5.74, 6) is -1.42. The summed E-state index contributed by atoms with van der Waals surface area (Å²) in [6.07, 6.45) is 3.47. The second kappa shape index (κ2) is 4.64. The number of methoxy groups -OCH3 is 1. The molecule has 5 nitrogen and oxygen atoms in total. The highest BCUT2D eigenvalue weighted by atomic mass is 16.5. The molecule has 1 heterocycles. The van der Waals surface area contributed by atoms with Crippen molar-refractivity contribution in [3.05, 3.63) is 0 Å². The minimum atomic E-state index is -0.866.